The molecule has 2 aromatic heterocycles. The number of carbonyl (C=O) groups excluding carboxylic acids is 2. The molecular weight excluding hydrogens is 286 g/mol. The second kappa shape index (κ2) is 6.70. The van der Waals surface area contributed by atoms with Gasteiger partial charge in [-0.15, -0.1) is 0 Å². The molecule has 0 aliphatic rings. The molecule has 116 valence electrons. The van der Waals surface area contributed by atoms with Gasteiger partial charge in [0.15, 0.2) is 5.82 Å². The van der Waals surface area contributed by atoms with Gasteiger partial charge in [0.2, 0.25) is 11.8 Å². The predicted octanol–water partition coefficient (Wildman–Crippen LogP) is 0.600. The van der Waals surface area contributed by atoms with Gasteiger partial charge in [-0.05, 0) is 19.1 Å². The van der Waals surface area contributed by atoms with Crippen molar-refractivity contribution in [3.8, 4) is 0 Å². The number of likely N-dealkylation sites (N-methyl/N-ethyl adjacent to an activating group) is 1. The van der Waals surface area contributed by atoms with E-state index in [1.807, 2.05) is 0 Å². The first-order valence-corrected chi connectivity index (χ1v) is 6.61. The Bertz CT molecular complexity index is 665. The van der Waals surface area contributed by atoms with Crippen molar-refractivity contribution < 1.29 is 14.1 Å². The first-order valence-electron chi connectivity index (χ1n) is 6.61. The van der Waals surface area contributed by atoms with Crippen molar-refractivity contribution in [2.45, 2.75) is 13.3 Å². The maximum atomic E-state index is 12.0. The Kier molecular flexibility index (Phi) is 4.72. The summed E-state index contributed by atoms with van der Waals surface area (Å²) in [6, 6.07) is 4.95. The van der Waals surface area contributed by atoms with E-state index in [1.165, 1.54) is 11.1 Å². The van der Waals surface area contributed by atoms with Gasteiger partial charge in [0, 0.05) is 18.8 Å². The molecule has 2 amide bonds. The lowest BCUT2D eigenvalue weighted by Gasteiger charge is -2.16. The summed E-state index contributed by atoms with van der Waals surface area (Å²) < 4.78 is 4.84. The minimum absolute atomic E-state index is 0.0836. The van der Waals surface area contributed by atoms with Gasteiger partial charge in [-0.2, -0.15) is 0 Å². The topological polar surface area (TPSA) is 114 Å². The molecule has 2 aromatic rings. The summed E-state index contributed by atoms with van der Waals surface area (Å²) in [5.41, 5.74) is 6.66. The number of nitrogens with one attached hydrogen (secondary N) is 1. The summed E-state index contributed by atoms with van der Waals surface area (Å²) in [5.74, 6) is 0.343. The van der Waals surface area contributed by atoms with Crippen molar-refractivity contribution in [2.75, 3.05) is 24.6 Å². The van der Waals surface area contributed by atoms with Crippen LogP contribution in [0.2, 0.25) is 0 Å². The van der Waals surface area contributed by atoms with E-state index in [9.17, 15) is 9.59 Å². The number of hydrogen-bond donors (Lipinski definition) is 2. The number of aromatic nitrogens is 2. The molecule has 0 saturated carbocycles. The zero-order valence-corrected chi connectivity index (χ0v) is 12.4. The normalized spacial score (nSPS) is 10.3. The van der Waals surface area contributed by atoms with E-state index in [0.717, 1.165) is 0 Å². The Morgan fingerprint density at radius 1 is 1.41 bits per heavy atom. The van der Waals surface area contributed by atoms with Crippen molar-refractivity contribution >= 4 is 23.3 Å². The molecule has 2 heterocycles. The summed E-state index contributed by atoms with van der Waals surface area (Å²) in [6.45, 7) is 1.64. The van der Waals surface area contributed by atoms with Gasteiger partial charge in [0.25, 0.3) is 0 Å². The molecule has 8 heteroatoms. The zero-order valence-electron chi connectivity index (χ0n) is 12.4. The zero-order chi connectivity index (χ0) is 16.1. The fourth-order valence-electron chi connectivity index (χ4n) is 1.74. The van der Waals surface area contributed by atoms with Crippen LogP contribution in [0.3, 0.4) is 0 Å². The lowest BCUT2D eigenvalue weighted by atomic mass is 10.2. The van der Waals surface area contributed by atoms with Crippen molar-refractivity contribution in [3.05, 3.63) is 35.9 Å². The molecule has 3 N–H and O–H groups in total. The number of anilines is 2. The van der Waals surface area contributed by atoms with Crippen molar-refractivity contribution in [1.29, 1.82) is 0 Å². The van der Waals surface area contributed by atoms with Crippen LogP contribution in [0.25, 0.3) is 0 Å². The lowest BCUT2D eigenvalue weighted by Crippen LogP contribution is -2.36. The standard InChI is InChI=1S/C14H17N5O3/c1-9-5-12(18-22-9)17-13(20)8-19(2)14(21)6-11-4-3-10(15)7-16-11/h3-5,7H,6,8,15H2,1-2H3,(H,17,18,20). The van der Waals surface area contributed by atoms with Gasteiger partial charge in [0.05, 0.1) is 24.8 Å². The molecule has 0 aliphatic heterocycles. The van der Waals surface area contributed by atoms with Crippen molar-refractivity contribution in [1.82, 2.24) is 15.0 Å². The van der Waals surface area contributed by atoms with Gasteiger partial charge in [-0.25, -0.2) is 0 Å². The van der Waals surface area contributed by atoms with E-state index in [2.05, 4.69) is 15.5 Å². The Morgan fingerprint density at radius 2 is 2.18 bits per heavy atom. The van der Waals surface area contributed by atoms with Gasteiger partial charge in [-0.1, -0.05) is 5.16 Å². The van der Waals surface area contributed by atoms with E-state index in [4.69, 9.17) is 10.3 Å². The molecule has 0 spiro atoms. The monoisotopic (exact) mass is 303 g/mol. The maximum absolute atomic E-state index is 12.0. The Labute approximate surface area is 127 Å². The highest BCUT2D eigenvalue weighted by Gasteiger charge is 2.15. The van der Waals surface area contributed by atoms with Crippen molar-refractivity contribution in [2.24, 2.45) is 0 Å². The van der Waals surface area contributed by atoms with Crippen LogP contribution in [-0.4, -0.2) is 40.4 Å². The number of rotatable bonds is 5. The number of aryl methyl sites for hydroxylation is 1. The average Bonchev–Trinajstić information content (AvgIpc) is 2.86. The molecule has 22 heavy (non-hydrogen) atoms. The van der Waals surface area contributed by atoms with Crippen LogP contribution in [0.5, 0.6) is 0 Å². The summed E-state index contributed by atoms with van der Waals surface area (Å²) in [5, 5.41) is 6.20. The lowest BCUT2D eigenvalue weighted by molar-refractivity contribution is -0.132. The number of nitrogens with zero attached hydrogens (tertiary/aromatic N) is 3. The molecule has 0 bridgehead atoms. The SMILES string of the molecule is Cc1cc(NC(=O)CN(C)C(=O)Cc2ccc(N)cn2)no1. The van der Waals surface area contributed by atoms with Gasteiger partial charge < -0.3 is 20.5 Å². The highest BCUT2D eigenvalue weighted by Crippen LogP contribution is 2.07. The van der Waals surface area contributed by atoms with Gasteiger partial charge in [-0.3, -0.25) is 14.6 Å². The van der Waals surface area contributed by atoms with Gasteiger partial charge >= 0.3 is 0 Å². The number of nitrogen functional groups attached to an aromatic ring is 1. The minimum Gasteiger partial charge on any atom is -0.397 e. The molecule has 0 atom stereocenters. The maximum Gasteiger partial charge on any atom is 0.245 e. The average molecular weight is 303 g/mol. The second-order valence-electron chi connectivity index (χ2n) is 4.88. The van der Waals surface area contributed by atoms with Crippen LogP contribution in [0.15, 0.2) is 28.9 Å². The van der Waals surface area contributed by atoms with Crippen LogP contribution in [-0.2, 0) is 16.0 Å². The van der Waals surface area contributed by atoms with Crippen LogP contribution in [0, 0.1) is 6.92 Å². The Hall–Kier alpha value is -2.90. The molecule has 8 nitrogen and oxygen atoms in total. The molecule has 0 aliphatic carbocycles. The fourth-order valence-corrected chi connectivity index (χ4v) is 1.74. The van der Waals surface area contributed by atoms with Crippen molar-refractivity contribution in [3.63, 3.8) is 0 Å². The van der Waals surface area contributed by atoms with Crippen LogP contribution in [0.1, 0.15) is 11.5 Å². The largest absolute Gasteiger partial charge is 0.397 e. The number of amides is 2. The van der Waals surface area contributed by atoms with Crippen LogP contribution in [0.4, 0.5) is 11.5 Å². The van der Waals surface area contributed by atoms with E-state index in [1.54, 1.807) is 32.2 Å². The third-order valence-electron chi connectivity index (χ3n) is 2.88. The molecular formula is C14H17N5O3. The highest BCUT2D eigenvalue weighted by atomic mass is 16.5. The summed E-state index contributed by atoms with van der Waals surface area (Å²) in [6.07, 6.45) is 1.59. The fraction of sp³-hybridized carbons (Fsp3) is 0.286. The van der Waals surface area contributed by atoms with E-state index in [0.29, 0.717) is 23.0 Å². The smallest absolute Gasteiger partial charge is 0.245 e. The molecule has 2 rings (SSSR count). The number of hydrogen-bond acceptors (Lipinski definition) is 6. The first-order chi connectivity index (χ1) is 10.4. The summed E-state index contributed by atoms with van der Waals surface area (Å²) in [4.78, 5) is 29.2. The molecule has 0 fully saturated rings. The molecule has 0 radical (unpaired) electrons. The Balaban J connectivity index is 1.85. The van der Waals surface area contributed by atoms with E-state index < -0.39 is 0 Å². The number of carbonyl (C=O) groups is 2. The van der Waals surface area contributed by atoms with E-state index in [-0.39, 0.29) is 24.8 Å². The van der Waals surface area contributed by atoms with E-state index >= 15 is 0 Å². The van der Waals surface area contributed by atoms with Crippen LogP contribution < -0.4 is 11.1 Å². The Morgan fingerprint density at radius 3 is 2.77 bits per heavy atom. The summed E-state index contributed by atoms with van der Waals surface area (Å²) in [7, 11) is 1.55. The minimum atomic E-state index is -0.352. The first kappa shape index (κ1) is 15.5. The van der Waals surface area contributed by atoms with Gasteiger partial charge in [0.1, 0.15) is 5.76 Å². The molecule has 0 unspecified atom stereocenters. The second-order valence-corrected chi connectivity index (χ2v) is 4.88. The number of nitrogens with two attached hydrogens (primary N) is 1. The quantitative estimate of drug-likeness (QED) is 0.836. The van der Waals surface area contributed by atoms with Crippen LogP contribution >= 0.6 is 0 Å². The third-order valence-corrected chi connectivity index (χ3v) is 2.88. The number of pyridine rings is 1. The highest BCUT2D eigenvalue weighted by molar-refractivity contribution is 5.93. The summed E-state index contributed by atoms with van der Waals surface area (Å²) >= 11 is 0. The molecule has 0 saturated heterocycles. The molecule has 0 aromatic carbocycles. The third kappa shape index (κ3) is 4.30. The predicted molar refractivity (Wildman–Crippen MR) is 79.9 cm³/mol.